The van der Waals surface area contributed by atoms with Gasteiger partial charge in [-0.3, -0.25) is 4.98 Å². The van der Waals surface area contributed by atoms with Crippen LogP contribution in [0, 0.1) is 0 Å². The van der Waals surface area contributed by atoms with E-state index in [4.69, 9.17) is 11.6 Å². The molecule has 1 aliphatic rings. The Bertz CT molecular complexity index is 928. The van der Waals surface area contributed by atoms with Gasteiger partial charge in [0.25, 0.3) is 0 Å². The van der Waals surface area contributed by atoms with Gasteiger partial charge in [0.15, 0.2) is 0 Å². The minimum atomic E-state index is -3.89. The molecule has 1 heterocycles. The molecule has 0 bridgehead atoms. The molecular formula is C19H22ClFN4O3S. The molecule has 10 heteroatoms. The Morgan fingerprint density at radius 3 is 2.66 bits per heavy atom. The highest BCUT2D eigenvalue weighted by atomic mass is 35.5. The number of hydrogen-bond acceptors (Lipinski definition) is 4. The highest BCUT2D eigenvalue weighted by Crippen LogP contribution is 2.27. The first-order valence-corrected chi connectivity index (χ1v) is 11.1. The summed E-state index contributed by atoms with van der Waals surface area (Å²) in [5.74, 6) is 0. The van der Waals surface area contributed by atoms with Crippen molar-refractivity contribution in [2.75, 3.05) is 5.32 Å². The van der Waals surface area contributed by atoms with Crippen LogP contribution in [0.5, 0.6) is 0 Å². The molecule has 0 radical (unpaired) electrons. The second-order valence-corrected chi connectivity index (χ2v) is 9.18. The predicted molar refractivity (Wildman–Crippen MR) is 109 cm³/mol. The van der Waals surface area contributed by atoms with E-state index in [-0.39, 0.29) is 23.1 Å². The molecule has 1 saturated carbocycles. The number of carbonyl (C=O) groups excluding carboxylic acids is 1. The second kappa shape index (κ2) is 9.51. The van der Waals surface area contributed by atoms with Crippen LogP contribution in [-0.2, 0) is 16.6 Å². The van der Waals surface area contributed by atoms with Gasteiger partial charge in [0.2, 0.25) is 10.0 Å². The van der Waals surface area contributed by atoms with Crippen LogP contribution < -0.4 is 15.4 Å². The highest BCUT2D eigenvalue weighted by Gasteiger charge is 2.33. The molecule has 1 fully saturated rings. The summed E-state index contributed by atoms with van der Waals surface area (Å²) in [6.45, 7) is 0.309. The Morgan fingerprint density at radius 1 is 1.21 bits per heavy atom. The third kappa shape index (κ3) is 6.12. The van der Waals surface area contributed by atoms with Gasteiger partial charge in [-0.05, 0) is 55.2 Å². The number of urea groups is 1. The first kappa shape index (κ1) is 21.5. The lowest BCUT2D eigenvalue weighted by molar-refractivity contribution is 0.209. The van der Waals surface area contributed by atoms with Crippen LogP contribution in [-0.4, -0.2) is 37.0 Å². The standard InChI is InChI=1S/C19H22ClFN4O3S/c20-14-3-8-17(21)18(10-14)25-29(27,28)16-6-4-15(5-7-16)24-19(26)23-12-13-2-1-9-22-11-13/h1-2,4-7,9,11,14,17-18,25H,3,8,10,12H2,(H2,23,24,26). The van der Waals surface area contributed by atoms with E-state index in [9.17, 15) is 17.6 Å². The SMILES string of the molecule is O=C(NCc1cccnc1)Nc1ccc(S(=O)(=O)NC2CC(Cl)CCC2F)cc1. The van der Waals surface area contributed by atoms with Crippen LogP contribution in [0.2, 0.25) is 0 Å². The second-order valence-electron chi connectivity index (χ2n) is 6.85. The number of amides is 2. The topological polar surface area (TPSA) is 100 Å². The molecule has 7 nitrogen and oxygen atoms in total. The number of benzene rings is 1. The summed E-state index contributed by atoms with van der Waals surface area (Å²) in [6.07, 6.45) is 3.04. The van der Waals surface area contributed by atoms with Crippen LogP contribution in [0.25, 0.3) is 0 Å². The molecule has 156 valence electrons. The molecule has 1 aromatic carbocycles. The van der Waals surface area contributed by atoms with E-state index >= 15 is 0 Å². The Hall–Kier alpha value is -2.23. The fourth-order valence-electron chi connectivity index (χ4n) is 3.05. The number of hydrogen-bond donors (Lipinski definition) is 3. The molecule has 2 aromatic rings. The lowest BCUT2D eigenvalue weighted by Crippen LogP contribution is -2.45. The van der Waals surface area contributed by atoms with Gasteiger partial charge in [-0.15, -0.1) is 11.6 Å². The summed E-state index contributed by atoms with van der Waals surface area (Å²) in [4.78, 5) is 15.9. The lowest BCUT2D eigenvalue weighted by atomic mass is 9.94. The van der Waals surface area contributed by atoms with Gasteiger partial charge in [0.05, 0.1) is 10.9 Å². The van der Waals surface area contributed by atoms with Gasteiger partial charge < -0.3 is 10.6 Å². The molecule has 0 saturated heterocycles. The molecule has 1 aromatic heterocycles. The molecule has 3 atom stereocenters. The largest absolute Gasteiger partial charge is 0.334 e. The summed E-state index contributed by atoms with van der Waals surface area (Å²) < 4.78 is 41.5. The van der Waals surface area contributed by atoms with Gasteiger partial charge in [-0.2, -0.15) is 0 Å². The Morgan fingerprint density at radius 2 is 1.97 bits per heavy atom. The number of nitrogens with one attached hydrogen (secondary N) is 3. The molecule has 0 spiro atoms. The Balaban J connectivity index is 1.56. The van der Waals surface area contributed by atoms with Gasteiger partial charge in [0, 0.05) is 30.0 Å². The normalized spacial score (nSPS) is 22.1. The van der Waals surface area contributed by atoms with Crippen molar-refractivity contribution >= 4 is 33.3 Å². The monoisotopic (exact) mass is 440 g/mol. The smallest absolute Gasteiger partial charge is 0.319 e. The van der Waals surface area contributed by atoms with Crippen LogP contribution >= 0.6 is 11.6 Å². The third-order valence-electron chi connectivity index (χ3n) is 4.61. The zero-order chi connectivity index (χ0) is 20.9. The van der Waals surface area contributed by atoms with Gasteiger partial charge >= 0.3 is 6.03 Å². The summed E-state index contributed by atoms with van der Waals surface area (Å²) in [6, 6.07) is 7.98. The first-order valence-electron chi connectivity index (χ1n) is 9.18. The van der Waals surface area contributed by atoms with Gasteiger partial charge in [0.1, 0.15) is 6.17 Å². The van der Waals surface area contributed by atoms with E-state index in [1.54, 1.807) is 18.5 Å². The van der Waals surface area contributed by atoms with Crippen molar-refractivity contribution in [3.63, 3.8) is 0 Å². The van der Waals surface area contributed by atoms with Crippen molar-refractivity contribution in [3.8, 4) is 0 Å². The molecular weight excluding hydrogens is 419 g/mol. The highest BCUT2D eigenvalue weighted by molar-refractivity contribution is 7.89. The maximum absolute atomic E-state index is 14.0. The molecule has 0 aliphatic heterocycles. The van der Waals surface area contributed by atoms with Gasteiger partial charge in [-0.1, -0.05) is 6.07 Å². The number of pyridine rings is 1. The van der Waals surface area contributed by atoms with Crippen molar-refractivity contribution in [1.29, 1.82) is 0 Å². The Labute approximate surface area is 174 Å². The molecule has 2 amide bonds. The van der Waals surface area contributed by atoms with Crippen LogP contribution in [0.4, 0.5) is 14.9 Å². The van der Waals surface area contributed by atoms with E-state index in [0.717, 1.165) is 5.56 Å². The van der Waals surface area contributed by atoms with Crippen molar-refractivity contribution in [2.45, 2.75) is 48.3 Å². The average molecular weight is 441 g/mol. The minimum absolute atomic E-state index is 0.0114. The van der Waals surface area contributed by atoms with E-state index in [2.05, 4.69) is 20.3 Å². The summed E-state index contributed by atoms with van der Waals surface area (Å²) in [5.41, 5.74) is 1.28. The number of nitrogens with zero attached hydrogens (tertiary/aromatic N) is 1. The molecule has 3 rings (SSSR count). The van der Waals surface area contributed by atoms with Crippen molar-refractivity contribution in [3.05, 3.63) is 54.4 Å². The fourth-order valence-corrected chi connectivity index (χ4v) is 4.64. The molecule has 3 unspecified atom stereocenters. The number of carbonyl (C=O) groups is 1. The zero-order valence-electron chi connectivity index (χ0n) is 15.5. The maximum Gasteiger partial charge on any atom is 0.319 e. The van der Waals surface area contributed by atoms with E-state index < -0.39 is 28.3 Å². The van der Waals surface area contributed by atoms with Gasteiger partial charge in [-0.25, -0.2) is 22.3 Å². The number of sulfonamides is 1. The van der Waals surface area contributed by atoms with E-state index in [0.29, 0.717) is 18.7 Å². The minimum Gasteiger partial charge on any atom is -0.334 e. The zero-order valence-corrected chi connectivity index (χ0v) is 17.1. The Kier molecular flexibility index (Phi) is 7.05. The van der Waals surface area contributed by atoms with Crippen molar-refractivity contribution < 1.29 is 17.6 Å². The predicted octanol–water partition coefficient (Wildman–Crippen LogP) is 3.18. The fraction of sp³-hybridized carbons (Fsp3) is 0.368. The maximum atomic E-state index is 14.0. The summed E-state index contributed by atoms with van der Waals surface area (Å²) in [5, 5.41) is 5.06. The number of aromatic nitrogens is 1. The third-order valence-corrected chi connectivity index (χ3v) is 6.51. The number of rotatable bonds is 6. The van der Waals surface area contributed by atoms with Crippen LogP contribution in [0.1, 0.15) is 24.8 Å². The first-order chi connectivity index (χ1) is 13.8. The quantitative estimate of drug-likeness (QED) is 0.600. The van der Waals surface area contributed by atoms with Crippen LogP contribution in [0.15, 0.2) is 53.7 Å². The molecule has 3 N–H and O–H groups in total. The van der Waals surface area contributed by atoms with Crippen molar-refractivity contribution in [2.24, 2.45) is 0 Å². The summed E-state index contributed by atoms with van der Waals surface area (Å²) in [7, 11) is -3.89. The van der Waals surface area contributed by atoms with Crippen molar-refractivity contribution in [1.82, 2.24) is 15.0 Å². The number of alkyl halides is 2. The molecule has 29 heavy (non-hydrogen) atoms. The van der Waals surface area contributed by atoms with E-state index in [1.807, 2.05) is 6.07 Å². The van der Waals surface area contributed by atoms with E-state index in [1.165, 1.54) is 24.3 Å². The van der Waals surface area contributed by atoms with Crippen LogP contribution in [0.3, 0.4) is 0 Å². The average Bonchev–Trinajstić information content (AvgIpc) is 2.70. The number of anilines is 1. The lowest BCUT2D eigenvalue weighted by Gasteiger charge is -2.29. The molecule has 1 aliphatic carbocycles. The number of halogens is 2. The summed E-state index contributed by atoms with van der Waals surface area (Å²) >= 11 is 6.03.